The number of halogens is 1. The Kier molecular flexibility index (Phi) is 5.42. The number of urea groups is 1. The van der Waals surface area contributed by atoms with Gasteiger partial charge < -0.3 is 11.1 Å². The zero-order valence-electron chi connectivity index (χ0n) is 9.95. The molecule has 0 atom stereocenters. The summed E-state index contributed by atoms with van der Waals surface area (Å²) in [6.45, 7) is 3.19. The monoisotopic (exact) mass is 239 g/mol. The molecule has 0 saturated carbocycles. The second-order valence-electron chi connectivity index (χ2n) is 3.58. The lowest BCUT2D eigenvalue weighted by molar-refractivity contribution is 0.246. The van der Waals surface area contributed by atoms with Crippen molar-refractivity contribution in [3.8, 4) is 0 Å². The topological polar surface area (TPSA) is 58.4 Å². The Morgan fingerprint density at radius 3 is 2.76 bits per heavy atom. The number of anilines is 1. The number of para-hydroxylation sites is 1. The molecule has 0 heterocycles. The molecule has 0 radical (unpaired) electrons. The largest absolute Gasteiger partial charge is 0.338 e. The summed E-state index contributed by atoms with van der Waals surface area (Å²) in [6, 6.07) is 5.92. The van der Waals surface area contributed by atoms with E-state index in [1.54, 1.807) is 18.2 Å². The van der Waals surface area contributed by atoms with E-state index in [-0.39, 0.29) is 11.7 Å². The number of hydrogen-bond acceptors (Lipinski definition) is 2. The van der Waals surface area contributed by atoms with Crippen molar-refractivity contribution in [1.29, 1.82) is 0 Å². The van der Waals surface area contributed by atoms with E-state index in [9.17, 15) is 9.18 Å². The average molecular weight is 239 g/mol. The lowest BCUT2D eigenvalue weighted by atomic mass is 10.2. The fourth-order valence-electron chi connectivity index (χ4n) is 1.50. The molecular formula is C12H18FN3O. The third kappa shape index (κ3) is 3.71. The van der Waals surface area contributed by atoms with Gasteiger partial charge in [0.25, 0.3) is 0 Å². The molecule has 0 unspecified atom stereocenters. The van der Waals surface area contributed by atoms with E-state index in [2.05, 4.69) is 5.32 Å². The SMILES string of the molecule is CCNC(=O)N(CCCN)c1ccccc1F. The standard InChI is InChI=1S/C12H18FN3O/c1-2-15-12(17)16(9-5-8-14)11-7-4-3-6-10(11)13/h3-4,6-7H,2,5,8-9,14H2,1H3,(H,15,17). The van der Waals surface area contributed by atoms with Crippen LogP contribution in [0.25, 0.3) is 0 Å². The molecular weight excluding hydrogens is 221 g/mol. The van der Waals surface area contributed by atoms with Crippen LogP contribution in [-0.4, -0.2) is 25.7 Å². The normalized spacial score (nSPS) is 10.1. The van der Waals surface area contributed by atoms with Crippen LogP contribution >= 0.6 is 0 Å². The van der Waals surface area contributed by atoms with Crippen molar-refractivity contribution in [1.82, 2.24) is 5.32 Å². The number of nitrogens with one attached hydrogen (secondary N) is 1. The molecule has 2 amide bonds. The maximum Gasteiger partial charge on any atom is 0.321 e. The number of amides is 2. The summed E-state index contributed by atoms with van der Waals surface area (Å²) in [5.41, 5.74) is 5.70. The van der Waals surface area contributed by atoms with Gasteiger partial charge in [0.2, 0.25) is 0 Å². The van der Waals surface area contributed by atoms with Crippen LogP contribution in [0.1, 0.15) is 13.3 Å². The Morgan fingerprint density at radius 2 is 2.18 bits per heavy atom. The lowest BCUT2D eigenvalue weighted by Gasteiger charge is -2.23. The molecule has 0 saturated heterocycles. The van der Waals surface area contributed by atoms with Crippen molar-refractivity contribution in [2.45, 2.75) is 13.3 Å². The van der Waals surface area contributed by atoms with Gasteiger partial charge in [0.05, 0.1) is 5.69 Å². The summed E-state index contributed by atoms with van der Waals surface area (Å²) in [7, 11) is 0. The summed E-state index contributed by atoms with van der Waals surface area (Å²) in [5.74, 6) is -0.407. The fourth-order valence-corrected chi connectivity index (χ4v) is 1.50. The van der Waals surface area contributed by atoms with Crippen LogP contribution in [0, 0.1) is 5.82 Å². The van der Waals surface area contributed by atoms with Crippen LogP contribution < -0.4 is 16.0 Å². The summed E-state index contributed by atoms with van der Waals surface area (Å²) >= 11 is 0. The molecule has 17 heavy (non-hydrogen) atoms. The molecule has 5 heteroatoms. The third-order valence-corrected chi connectivity index (χ3v) is 2.30. The summed E-state index contributed by atoms with van der Waals surface area (Å²) in [4.78, 5) is 13.2. The zero-order chi connectivity index (χ0) is 12.7. The molecule has 0 aliphatic heterocycles. The van der Waals surface area contributed by atoms with Crippen LogP contribution in [0.3, 0.4) is 0 Å². The lowest BCUT2D eigenvalue weighted by Crippen LogP contribution is -2.41. The van der Waals surface area contributed by atoms with Crippen molar-refractivity contribution in [3.63, 3.8) is 0 Å². The second kappa shape index (κ2) is 6.85. The molecule has 0 aliphatic carbocycles. The summed E-state index contributed by atoms with van der Waals surface area (Å²) in [5, 5.41) is 2.66. The van der Waals surface area contributed by atoms with Gasteiger partial charge in [0.1, 0.15) is 5.82 Å². The zero-order valence-corrected chi connectivity index (χ0v) is 9.95. The highest BCUT2D eigenvalue weighted by Gasteiger charge is 2.17. The predicted molar refractivity (Wildman–Crippen MR) is 66.5 cm³/mol. The van der Waals surface area contributed by atoms with Crippen molar-refractivity contribution in [2.24, 2.45) is 5.73 Å². The van der Waals surface area contributed by atoms with Gasteiger partial charge in [-0.1, -0.05) is 12.1 Å². The minimum atomic E-state index is -0.407. The molecule has 3 N–H and O–H groups in total. The van der Waals surface area contributed by atoms with E-state index in [0.717, 1.165) is 0 Å². The summed E-state index contributed by atoms with van der Waals surface area (Å²) < 4.78 is 13.6. The second-order valence-corrected chi connectivity index (χ2v) is 3.58. The van der Waals surface area contributed by atoms with E-state index < -0.39 is 5.82 Å². The minimum absolute atomic E-state index is 0.284. The molecule has 1 aromatic carbocycles. The smallest absolute Gasteiger partial charge is 0.321 e. The molecule has 0 bridgehead atoms. The van der Waals surface area contributed by atoms with Gasteiger partial charge in [-0.05, 0) is 32.0 Å². The van der Waals surface area contributed by atoms with Gasteiger partial charge in [-0.15, -0.1) is 0 Å². The van der Waals surface area contributed by atoms with Gasteiger partial charge in [0.15, 0.2) is 0 Å². The number of carbonyl (C=O) groups excluding carboxylic acids is 1. The average Bonchev–Trinajstić information content (AvgIpc) is 2.32. The third-order valence-electron chi connectivity index (χ3n) is 2.30. The first-order chi connectivity index (χ1) is 8.20. The highest BCUT2D eigenvalue weighted by molar-refractivity contribution is 5.92. The Bertz CT molecular complexity index is 371. The van der Waals surface area contributed by atoms with Crippen molar-refractivity contribution in [2.75, 3.05) is 24.5 Å². The predicted octanol–water partition coefficient (Wildman–Crippen LogP) is 1.71. The molecule has 4 nitrogen and oxygen atoms in total. The molecule has 0 fully saturated rings. The molecule has 1 rings (SSSR count). The number of nitrogens with two attached hydrogens (primary N) is 1. The van der Waals surface area contributed by atoms with Gasteiger partial charge in [-0.25, -0.2) is 9.18 Å². The van der Waals surface area contributed by atoms with Crippen molar-refractivity contribution >= 4 is 11.7 Å². The van der Waals surface area contributed by atoms with E-state index >= 15 is 0 Å². The Morgan fingerprint density at radius 1 is 1.47 bits per heavy atom. The number of nitrogens with zero attached hydrogens (tertiary/aromatic N) is 1. The van der Waals surface area contributed by atoms with E-state index in [0.29, 0.717) is 26.1 Å². The first kappa shape index (κ1) is 13.4. The Hall–Kier alpha value is -1.62. The molecule has 94 valence electrons. The first-order valence-corrected chi connectivity index (χ1v) is 5.70. The molecule has 0 spiro atoms. The molecule has 1 aromatic rings. The molecule has 0 aromatic heterocycles. The van der Waals surface area contributed by atoms with Crippen LogP contribution in [0.5, 0.6) is 0 Å². The first-order valence-electron chi connectivity index (χ1n) is 5.70. The maximum absolute atomic E-state index is 13.6. The highest BCUT2D eigenvalue weighted by atomic mass is 19.1. The number of rotatable bonds is 5. The van der Waals surface area contributed by atoms with Crippen LogP contribution in [0.4, 0.5) is 14.9 Å². The number of hydrogen-bond donors (Lipinski definition) is 2. The van der Waals surface area contributed by atoms with Crippen molar-refractivity contribution in [3.05, 3.63) is 30.1 Å². The van der Waals surface area contributed by atoms with Crippen LogP contribution in [0.2, 0.25) is 0 Å². The van der Waals surface area contributed by atoms with E-state index in [1.165, 1.54) is 11.0 Å². The Labute approximate surface area is 101 Å². The van der Waals surface area contributed by atoms with E-state index in [4.69, 9.17) is 5.73 Å². The van der Waals surface area contributed by atoms with Gasteiger partial charge in [-0.2, -0.15) is 0 Å². The quantitative estimate of drug-likeness (QED) is 0.821. The number of carbonyl (C=O) groups is 1. The van der Waals surface area contributed by atoms with Gasteiger partial charge in [0, 0.05) is 13.1 Å². The fraction of sp³-hybridized carbons (Fsp3) is 0.417. The molecule has 0 aliphatic rings. The maximum atomic E-state index is 13.6. The van der Waals surface area contributed by atoms with Crippen LogP contribution in [0.15, 0.2) is 24.3 Å². The minimum Gasteiger partial charge on any atom is -0.338 e. The summed E-state index contributed by atoms with van der Waals surface area (Å²) in [6.07, 6.45) is 0.630. The van der Waals surface area contributed by atoms with Gasteiger partial charge in [-0.3, -0.25) is 4.90 Å². The van der Waals surface area contributed by atoms with Crippen molar-refractivity contribution < 1.29 is 9.18 Å². The van der Waals surface area contributed by atoms with Gasteiger partial charge >= 0.3 is 6.03 Å². The van der Waals surface area contributed by atoms with E-state index in [1.807, 2.05) is 6.92 Å². The van der Waals surface area contributed by atoms with Crippen LogP contribution in [-0.2, 0) is 0 Å². The number of benzene rings is 1. The Balaban J connectivity index is 2.89. The highest BCUT2D eigenvalue weighted by Crippen LogP contribution is 2.18.